The fraction of sp³-hybridized carbons (Fsp3) is 0.323. The van der Waals surface area contributed by atoms with E-state index in [9.17, 15) is 9.90 Å². The molecule has 0 saturated heterocycles. The maximum absolute atomic E-state index is 12.7. The first-order chi connectivity index (χ1) is 18.1. The number of hydrogen-bond donors (Lipinski definition) is 1. The van der Waals surface area contributed by atoms with E-state index in [4.69, 9.17) is 25.8 Å². The van der Waals surface area contributed by atoms with Crippen LogP contribution in [0.1, 0.15) is 50.5 Å². The maximum atomic E-state index is 12.7. The van der Waals surface area contributed by atoms with E-state index in [2.05, 4.69) is 4.85 Å². The average Bonchev–Trinajstić information content (AvgIpc) is 2.87. The topological polar surface area (TPSA) is 82.2 Å². The van der Waals surface area contributed by atoms with Crippen molar-refractivity contribution < 1.29 is 24.1 Å². The number of ether oxygens (including phenoxy) is 3. The first-order valence-corrected chi connectivity index (χ1v) is 12.7. The van der Waals surface area contributed by atoms with Gasteiger partial charge in [0, 0.05) is 34.5 Å². The number of aromatic nitrogens is 1. The molecule has 0 bridgehead atoms. The number of rotatable bonds is 6. The van der Waals surface area contributed by atoms with Crippen LogP contribution < -0.4 is 9.47 Å². The minimum atomic E-state index is -1.23. The van der Waals surface area contributed by atoms with Gasteiger partial charge in [0.2, 0.25) is 5.69 Å². The number of carboxylic acid groups (broad SMARTS) is 1. The average molecular weight is 511 g/mol. The third-order valence-electron chi connectivity index (χ3n) is 6.71. The van der Waals surface area contributed by atoms with Gasteiger partial charge < -0.3 is 19.3 Å². The van der Waals surface area contributed by atoms with E-state index in [1.54, 1.807) is 12.3 Å². The molecule has 0 amide bonds. The summed E-state index contributed by atoms with van der Waals surface area (Å²) in [5.41, 5.74) is 4.33. The third kappa shape index (κ3) is 4.31. The zero-order valence-corrected chi connectivity index (χ0v) is 22.2. The van der Waals surface area contributed by atoms with Gasteiger partial charge in [-0.25, -0.2) is 9.64 Å². The number of aliphatic carboxylic acids is 1. The molecule has 1 aliphatic rings. The molecule has 1 aromatic heterocycles. The zero-order chi connectivity index (χ0) is 27.2. The smallest absolute Gasteiger partial charge is 0.337 e. The molecule has 4 aromatic rings. The Balaban J connectivity index is 1.96. The van der Waals surface area contributed by atoms with Crippen LogP contribution in [0.25, 0.3) is 37.6 Å². The largest absolute Gasteiger partial charge is 0.504 e. The maximum Gasteiger partial charge on any atom is 0.337 e. The van der Waals surface area contributed by atoms with Crippen LogP contribution in [0.2, 0.25) is 0 Å². The van der Waals surface area contributed by atoms with Gasteiger partial charge in [-0.15, -0.1) is 0 Å². The Morgan fingerprint density at radius 2 is 2.00 bits per heavy atom. The number of carbonyl (C=O) groups is 1. The highest BCUT2D eigenvalue weighted by Gasteiger charge is 2.33. The Morgan fingerprint density at radius 3 is 2.68 bits per heavy atom. The number of aryl methyl sites for hydroxylation is 1. The molecular weight excluding hydrogens is 480 g/mol. The van der Waals surface area contributed by atoms with Gasteiger partial charge in [-0.2, -0.15) is 0 Å². The van der Waals surface area contributed by atoms with Crippen LogP contribution in [0.4, 0.5) is 5.69 Å². The van der Waals surface area contributed by atoms with Gasteiger partial charge in [0.1, 0.15) is 11.5 Å². The van der Waals surface area contributed by atoms with Gasteiger partial charge in [0.15, 0.2) is 6.10 Å². The fourth-order valence-electron chi connectivity index (χ4n) is 5.29. The molecule has 0 radical (unpaired) electrons. The molecule has 0 fully saturated rings. The molecule has 7 heteroatoms. The van der Waals surface area contributed by atoms with Crippen LogP contribution in [0.15, 0.2) is 42.6 Å². The predicted octanol–water partition coefficient (Wildman–Crippen LogP) is 7.19. The van der Waals surface area contributed by atoms with Gasteiger partial charge in [-0.05, 0) is 81.0 Å². The van der Waals surface area contributed by atoms with E-state index in [0.717, 1.165) is 50.5 Å². The minimum Gasteiger partial charge on any atom is -0.504 e. The molecule has 0 unspecified atom stereocenters. The molecule has 0 aliphatic carbocycles. The van der Waals surface area contributed by atoms with Crippen molar-refractivity contribution in [2.75, 3.05) is 13.2 Å². The lowest BCUT2D eigenvalue weighted by Crippen LogP contribution is -2.28. The van der Waals surface area contributed by atoms with Crippen LogP contribution in [0.5, 0.6) is 11.5 Å². The molecule has 0 saturated carbocycles. The molecule has 7 nitrogen and oxygen atoms in total. The van der Waals surface area contributed by atoms with Crippen LogP contribution in [-0.2, 0) is 16.0 Å². The Labute approximate surface area is 221 Å². The lowest BCUT2D eigenvalue weighted by atomic mass is 9.85. The second kappa shape index (κ2) is 9.62. The monoisotopic (exact) mass is 510 g/mol. The number of carboxylic acids is 1. The Kier molecular flexibility index (Phi) is 6.46. The second-order valence-corrected chi connectivity index (χ2v) is 10.4. The summed E-state index contributed by atoms with van der Waals surface area (Å²) in [4.78, 5) is 21.2. The number of fused-ring (bicyclic) bond motifs is 1. The summed E-state index contributed by atoms with van der Waals surface area (Å²) in [6, 6.07) is 11.4. The number of benzene rings is 3. The van der Waals surface area contributed by atoms with Crippen LogP contribution >= 0.6 is 0 Å². The molecule has 1 N–H and O–H groups in total. The van der Waals surface area contributed by atoms with E-state index in [1.165, 1.54) is 0 Å². The first-order valence-electron chi connectivity index (χ1n) is 12.7. The summed E-state index contributed by atoms with van der Waals surface area (Å²) >= 11 is 0. The third-order valence-corrected chi connectivity index (χ3v) is 6.71. The van der Waals surface area contributed by atoms with Crippen LogP contribution in [-0.4, -0.2) is 34.9 Å². The van der Waals surface area contributed by atoms with Gasteiger partial charge in [0.05, 0.1) is 30.9 Å². The highest BCUT2D eigenvalue weighted by Crippen LogP contribution is 2.48. The molecule has 5 rings (SSSR count). The van der Waals surface area contributed by atoms with Gasteiger partial charge in [-0.1, -0.05) is 12.1 Å². The van der Waals surface area contributed by atoms with Gasteiger partial charge in [-0.3, -0.25) is 4.98 Å². The van der Waals surface area contributed by atoms with Crippen molar-refractivity contribution in [3.63, 3.8) is 0 Å². The molecule has 38 heavy (non-hydrogen) atoms. The quantitative estimate of drug-likeness (QED) is 0.277. The van der Waals surface area contributed by atoms with Crippen LogP contribution in [0, 0.1) is 13.5 Å². The van der Waals surface area contributed by atoms with Crippen molar-refractivity contribution >= 4 is 33.3 Å². The summed E-state index contributed by atoms with van der Waals surface area (Å²) < 4.78 is 18.1. The number of nitrogens with zero attached hydrogens (tertiary/aromatic N) is 2. The predicted molar refractivity (Wildman–Crippen MR) is 147 cm³/mol. The van der Waals surface area contributed by atoms with E-state index < -0.39 is 17.7 Å². The number of pyridine rings is 1. The second-order valence-electron chi connectivity index (χ2n) is 10.4. The lowest BCUT2D eigenvalue weighted by molar-refractivity contribution is -0.160. The Hall–Kier alpha value is -4.15. The first kappa shape index (κ1) is 25.5. The van der Waals surface area contributed by atoms with Crippen molar-refractivity contribution in [2.24, 2.45) is 0 Å². The highest BCUT2D eigenvalue weighted by atomic mass is 16.5. The van der Waals surface area contributed by atoms with Crippen molar-refractivity contribution in [1.29, 1.82) is 0 Å². The lowest BCUT2D eigenvalue weighted by Gasteiger charge is -2.29. The summed E-state index contributed by atoms with van der Waals surface area (Å²) in [6.45, 7) is 18.0. The molecule has 1 aliphatic heterocycles. The molecule has 3 aromatic carbocycles. The minimum absolute atomic E-state index is 0.391. The van der Waals surface area contributed by atoms with E-state index in [-0.39, 0.29) is 0 Å². The van der Waals surface area contributed by atoms with Crippen molar-refractivity contribution in [2.45, 2.75) is 52.7 Å². The summed E-state index contributed by atoms with van der Waals surface area (Å²) in [6.07, 6.45) is 1.33. The Bertz CT molecular complexity index is 1620. The molecule has 0 spiro atoms. The van der Waals surface area contributed by atoms with Crippen molar-refractivity contribution in [3.05, 3.63) is 70.7 Å². The molecular formula is C31H30N2O5. The molecule has 1 atom stereocenters. The SMILES string of the molecule is [C-]#[N+]c1ccc2c(-c3ccc4c5c(ccnc35)CCO4)c([C@H](OC(C)(C)C)C(=O)O)c(C)cc2c1OCC. The van der Waals surface area contributed by atoms with Crippen molar-refractivity contribution in [1.82, 2.24) is 4.98 Å². The molecule has 2 heterocycles. The molecule has 194 valence electrons. The standard InChI is InChI=1S/C31H30N2O5/c1-7-36-28-21-16-17(2)24(29(30(34)35)38-31(3,4)5)26(19(21)8-10-22(28)32-6)20-9-11-23-25-18(13-15-37-23)12-14-33-27(20)25/h8-12,14,16,29H,7,13,15H2,1-5H3,(H,34,35)/t29-/m0/s1. The van der Waals surface area contributed by atoms with Crippen LogP contribution in [0.3, 0.4) is 0 Å². The zero-order valence-electron chi connectivity index (χ0n) is 22.2. The number of hydrogen-bond acceptors (Lipinski definition) is 5. The van der Waals surface area contributed by atoms with E-state index >= 15 is 0 Å². The van der Waals surface area contributed by atoms with Gasteiger partial charge >= 0.3 is 5.97 Å². The summed E-state index contributed by atoms with van der Waals surface area (Å²) in [5, 5.41) is 12.8. The van der Waals surface area contributed by atoms with E-state index in [1.807, 2.05) is 65.0 Å². The summed E-state index contributed by atoms with van der Waals surface area (Å²) in [5.74, 6) is 0.173. The normalized spacial score (nSPS) is 13.7. The van der Waals surface area contributed by atoms with Gasteiger partial charge in [0.25, 0.3) is 0 Å². The summed E-state index contributed by atoms with van der Waals surface area (Å²) in [7, 11) is 0. The highest BCUT2D eigenvalue weighted by molar-refractivity contribution is 6.11. The van der Waals surface area contributed by atoms with E-state index in [0.29, 0.717) is 35.8 Å². The Morgan fingerprint density at radius 1 is 1.21 bits per heavy atom. The van der Waals surface area contributed by atoms with Crippen molar-refractivity contribution in [3.8, 4) is 22.6 Å². The fourth-order valence-corrected chi connectivity index (χ4v) is 5.29.